The van der Waals surface area contributed by atoms with Gasteiger partial charge in [-0.2, -0.15) is 0 Å². The molecule has 0 saturated heterocycles. The molecule has 2 rings (SSSR count). The molecule has 28 heavy (non-hydrogen) atoms. The van der Waals surface area contributed by atoms with E-state index in [2.05, 4.69) is 5.32 Å². The SMILES string of the molecule is Cc1cccc(/C=C/C(=O)OCC(=O)N[C@@H](C)c2ccc(S(N)(=O)=O)cc2)c1. The van der Waals surface area contributed by atoms with Crippen molar-refractivity contribution in [2.45, 2.75) is 24.8 Å². The molecule has 0 bridgehead atoms. The van der Waals surface area contributed by atoms with E-state index in [-0.39, 0.29) is 4.90 Å². The molecule has 0 aliphatic heterocycles. The summed E-state index contributed by atoms with van der Waals surface area (Å²) in [4.78, 5) is 23.7. The molecule has 148 valence electrons. The molecule has 0 saturated carbocycles. The van der Waals surface area contributed by atoms with Crippen LogP contribution in [0.5, 0.6) is 0 Å². The van der Waals surface area contributed by atoms with Crippen molar-refractivity contribution >= 4 is 28.0 Å². The molecule has 0 aliphatic rings. The Kier molecular flexibility index (Phi) is 7.08. The van der Waals surface area contributed by atoms with Crippen molar-refractivity contribution in [3.8, 4) is 0 Å². The summed E-state index contributed by atoms with van der Waals surface area (Å²) in [6, 6.07) is 13.0. The van der Waals surface area contributed by atoms with Crippen molar-refractivity contribution in [3.05, 3.63) is 71.3 Å². The Morgan fingerprint density at radius 1 is 1.18 bits per heavy atom. The number of hydrogen-bond donors (Lipinski definition) is 2. The zero-order chi connectivity index (χ0) is 20.7. The highest BCUT2D eigenvalue weighted by atomic mass is 32.2. The van der Waals surface area contributed by atoms with E-state index in [1.54, 1.807) is 25.1 Å². The van der Waals surface area contributed by atoms with Crippen molar-refractivity contribution < 1.29 is 22.7 Å². The third-order valence-electron chi connectivity index (χ3n) is 3.89. The first-order valence-electron chi connectivity index (χ1n) is 8.49. The number of benzene rings is 2. The maximum absolute atomic E-state index is 11.9. The quantitative estimate of drug-likeness (QED) is 0.543. The van der Waals surface area contributed by atoms with Crippen molar-refractivity contribution in [1.82, 2.24) is 5.32 Å². The predicted molar refractivity (Wildman–Crippen MR) is 106 cm³/mol. The number of aryl methyl sites for hydroxylation is 1. The molecule has 0 aliphatic carbocycles. The summed E-state index contributed by atoms with van der Waals surface area (Å²) in [5.74, 6) is -1.10. The normalized spacial score (nSPS) is 12.5. The Hall–Kier alpha value is -2.97. The summed E-state index contributed by atoms with van der Waals surface area (Å²) >= 11 is 0. The second kappa shape index (κ2) is 9.29. The second-order valence-corrected chi connectivity index (χ2v) is 7.82. The van der Waals surface area contributed by atoms with Gasteiger partial charge in [-0.05, 0) is 43.2 Å². The number of sulfonamides is 1. The summed E-state index contributed by atoms with van der Waals surface area (Å²) in [5, 5.41) is 7.72. The van der Waals surface area contributed by atoms with Gasteiger partial charge < -0.3 is 10.1 Å². The molecule has 2 aromatic carbocycles. The molecule has 2 aromatic rings. The molecule has 3 N–H and O–H groups in total. The van der Waals surface area contributed by atoms with E-state index in [0.717, 1.165) is 11.1 Å². The van der Waals surface area contributed by atoms with Crippen molar-refractivity contribution in [2.75, 3.05) is 6.61 Å². The van der Waals surface area contributed by atoms with Crippen molar-refractivity contribution in [2.24, 2.45) is 5.14 Å². The number of hydrogen-bond acceptors (Lipinski definition) is 5. The van der Waals surface area contributed by atoms with Gasteiger partial charge in [0.05, 0.1) is 10.9 Å². The fourth-order valence-corrected chi connectivity index (χ4v) is 2.95. The lowest BCUT2D eigenvalue weighted by Gasteiger charge is -2.14. The Morgan fingerprint density at radius 2 is 1.86 bits per heavy atom. The maximum atomic E-state index is 11.9. The number of nitrogens with one attached hydrogen (secondary N) is 1. The first kappa shape index (κ1) is 21.3. The molecule has 0 unspecified atom stereocenters. The number of rotatable bonds is 7. The van der Waals surface area contributed by atoms with E-state index in [4.69, 9.17) is 9.88 Å². The maximum Gasteiger partial charge on any atom is 0.331 e. The highest BCUT2D eigenvalue weighted by Gasteiger charge is 2.13. The van der Waals surface area contributed by atoms with Crippen LogP contribution in [0.3, 0.4) is 0 Å². The summed E-state index contributed by atoms with van der Waals surface area (Å²) < 4.78 is 27.4. The van der Waals surface area contributed by atoms with Crippen molar-refractivity contribution in [1.29, 1.82) is 0 Å². The fourth-order valence-electron chi connectivity index (χ4n) is 2.44. The Labute approximate surface area is 164 Å². The molecule has 7 nitrogen and oxygen atoms in total. The smallest absolute Gasteiger partial charge is 0.331 e. The summed E-state index contributed by atoms with van der Waals surface area (Å²) in [6.45, 7) is 3.25. The van der Waals surface area contributed by atoms with Crippen LogP contribution in [0.1, 0.15) is 29.7 Å². The zero-order valence-electron chi connectivity index (χ0n) is 15.6. The number of ether oxygens (including phenoxy) is 1. The number of amides is 1. The van der Waals surface area contributed by atoms with E-state index in [1.165, 1.54) is 18.2 Å². The lowest BCUT2D eigenvalue weighted by Crippen LogP contribution is -2.30. The highest BCUT2D eigenvalue weighted by Crippen LogP contribution is 2.15. The van der Waals surface area contributed by atoms with E-state index in [9.17, 15) is 18.0 Å². The molecule has 0 spiro atoms. The number of carbonyl (C=O) groups excluding carboxylic acids is 2. The highest BCUT2D eigenvalue weighted by molar-refractivity contribution is 7.89. The van der Waals surface area contributed by atoms with E-state index < -0.39 is 34.5 Å². The molecular formula is C20H22N2O5S. The van der Waals surface area contributed by atoms with Crippen LogP contribution in [0, 0.1) is 6.92 Å². The van der Waals surface area contributed by atoms with Crippen LogP contribution in [0.4, 0.5) is 0 Å². The topological polar surface area (TPSA) is 116 Å². The summed E-state index contributed by atoms with van der Waals surface area (Å²) in [6.07, 6.45) is 2.88. The Balaban J connectivity index is 1.83. The average molecular weight is 402 g/mol. The van der Waals surface area contributed by atoms with Gasteiger partial charge in [-0.15, -0.1) is 0 Å². The molecular weight excluding hydrogens is 380 g/mol. The molecule has 0 aromatic heterocycles. The van der Waals surface area contributed by atoms with Gasteiger partial charge in [0, 0.05) is 6.08 Å². The number of nitrogens with two attached hydrogens (primary N) is 1. The van der Waals surface area contributed by atoms with Crippen molar-refractivity contribution in [3.63, 3.8) is 0 Å². The van der Waals surface area contributed by atoms with Gasteiger partial charge in [0.2, 0.25) is 10.0 Å². The van der Waals surface area contributed by atoms with Gasteiger partial charge in [-0.25, -0.2) is 18.4 Å². The predicted octanol–water partition coefficient (Wildman–Crippen LogP) is 2.08. The number of primary sulfonamides is 1. The molecule has 1 atom stereocenters. The zero-order valence-corrected chi connectivity index (χ0v) is 16.4. The van der Waals surface area contributed by atoms with Crippen LogP contribution < -0.4 is 10.5 Å². The largest absolute Gasteiger partial charge is 0.452 e. The van der Waals surface area contributed by atoms with Crippen LogP contribution in [0.25, 0.3) is 6.08 Å². The second-order valence-electron chi connectivity index (χ2n) is 6.26. The fraction of sp³-hybridized carbons (Fsp3) is 0.200. The molecule has 0 heterocycles. The van der Waals surface area contributed by atoms with Crippen LogP contribution >= 0.6 is 0 Å². The lowest BCUT2D eigenvalue weighted by atomic mass is 10.1. The Morgan fingerprint density at radius 3 is 2.46 bits per heavy atom. The third-order valence-corrected chi connectivity index (χ3v) is 4.81. The minimum Gasteiger partial charge on any atom is -0.452 e. The monoisotopic (exact) mass is 402 g/mol. The first-order valence-corrected chi connectivity index (χ1v) is 10.0. The van der Waals surface area contributed by atoms with Gasteiger partial charge in [-0.3, -0.25) is 4.79 Å². The molecule has 0 radical (unpaired) electrons. The molecule has 1 amide bonds. The van der Waals surface area contributed by atoms with E-state index in [1.807, 2.05) is 31.2 Å². The third kappa shape index (κ3) is 6.64. The van der Waals surface area contributed by atoms with Crippen LogP contribution in [-0.4, -0.2) is 26.9 Å². The van der Waals surface area contributed by atoms with E-state index in [0.29, 0.717) is 5.56 Å². The number of esters is 1. The standard InChI is InChI=1S/C20H22N2O5S/c1-14-4-3-5-16(12-14)6-11-20(24)27-13-19(23)22-15(2)17-7-9-18(10-8-17)28(21,25)26/h3-12,15H,13H2,1-2H3,(H,22,23)(H2,21,25,26)/b11-6+/t15-/m0/s1. The van der Waals surface area contributed by atoms with Gasteiger partial charge in [0.25, 0.3) is 5.91 Å². The summed E-state index contributed by atoms with van der Waals surface area (Å²) in [5.41, 5.74) is 2.62. The minimum atomic E-state index is -3.77. The van der Waals surface area contributed by atoms with Crippen LogP contribution in [-0.2, 0) is 24.3 Å². The van der Waals surface area contributed by atoms with Gasteiger partial charge in [0.15, 0.2) is 6.61 Å². The first-order chi connectivity index (χ1) is 13.1. The van der Waals surface area contributed by atoms with Crippen LogP contribution in [0.15, 0.2) is 59.5 Å². The van der Waals surface area contributed by atoms with E-state index >= 15 is 0 Å². The minimum absolute atomic E-state index is 0.0101. The van der Waals surface area contributed by atoms with Gasteiger partial charge in [0.1, 0.15) is 0 Å². The molecule has 0 fully saturated rings. The van der Waals surface area contributed by atoms with Gasteiger partial charge >= 0.3 is 5.97 Å². The van der Waals surface area contributed by atoms with Gasteiger partial charge in [-0.1, -0.05) is 42.0 Å². The Bertz CT molecular complexity index is 982. The average Bonchev–Trinajstić information content (AvgIpc) is 2.64. The number of carbonyl (C=O) groups is 2. The lowest BCUT2D eigenvalue weighted by molar-refractivity contribution is -0.144. The molecule has 8 heteroatoms. The summed E-state index contributed by atoms with van der Waals surface area (Å²) in [7, 11) is -3.77. The van der Waals surface area contributed by atoms with Crippen LogP contribution in [0.2, 0.25) is 0 Å².